The van der Waals surface area contributed by atoms with Gasteiger partial charge in [-0.2, -0.15) is 0 Å². The fraction of sp³-hybridized carbons (Fsp3) is 0.333. The number of ether oxygens (including phenoxy) is 2. The van der Waals surface area contributed by atoms with Crippen LogP contribution >= 0.6 is 0 Å². The fourth-order valence-electron chi connectivity index (χ4n) is 4.72. The van der Waals surface area contributed by atoms with Crippen molar-refractivity contribution >= 4 is 28.3 Å². The van der Waals surface area contributed by atoms with Gasteiger partial charge in [0.15, 0.2) is 5.88 Å². The number of rotatable bonds is 11. The second-order valence-electron chi connectivity index (χ2n) is 11.2. The van der Waals surface area contributed by atoms with Crippen molar-refractivity contribution in [2.45, 2.75) is 45.4 Å². The molecule has 3 aromatic carbocycles. The molecule has 1 atom stereocenters. The Hall–Kier alpha value is -3.98. The zero-order valence-corrected chi connectivity index (χ0v) is 24.5. The summed E-state index contributed by atoms with van der Waals surface area (Å²) in [5.41, 5.74) is 10.6. The quantitative estimate of drug-likeness (QED) is 0.159. The summed E-state index contributed by atoms with van der Waals surface area (Å²) in [7, 11) is 3.44. The number of aromatic amines is 1. The van der Waals surface area contributed by atoms with Crippen molar-refractivity contribution in [3.63, 3.8) is 0 Å². The zero-order chi connectivity index (χ0) is 29.6. The molecule has 1 unspecified atom stereocenters. The second-order valence-corrected chi connectivity index (χ2v) is 11.2. The van der Waals surface area contributed by atoms with Gasteiger partial charge in [-0.15, -0.1) is 0 Å². The molecule has 0 spiro atoms. The van der Waals surface area contributed by atoms with E-state index in [9.17, 15) is 9.90 Å². The Morgan fingerprint density at radius 1 is 1.05 bits per heavy atom. The molecule has 216 valence electrons. The Balaban J connectivity index is 1.64. The number of aromatic nitrogens is 1. The van der Waals surface area contributed by atoms with Gasteiger partial charge in [0.1, 0.15) is 0 Å². The normalized spacial score (nSPS) is 13.1. The number of hydrogen-bond acceptors (Lipinski definition) is 7. The van der Waals surface area contributed by atoms with Crippen molar-refractivity contribution in [2.75, 3.05) is 27.3 Å². The molecule has 4 rings (SSSR count). The number of H-pyrrole nitrogens is 1. The van der Waals surface area contributed by atoms with E-state index in [1.54, 1.807) is 18.2 Å². The Labute approximate surface area is 241 Å². The zero-order valence-electron chi connectivity index (χ0n) is 24.5. The van der Waals surface area contributed by atoms with Gasteiger partial charge in [0, 0.05) is 29.1 Å². The van der Waals surface area contributed by atoms with Crippen LogP contribution in [-0.4, -0.2) is 65.6 Å². The number of benzene rings is 3. The SMILES string of the molecule is COC(=O)c1ccc2c(C(=Nc3ccc(CN(C)C(CCN)COC(C)(C)C)cc3)c3ccccc3)c(O)[nH]c2c1. The summed E-state index contributed by atoms with van der Waals surface area (Å²) in [5, 5.41) is 11.7. The number of hydrogen-bond donors (Lipinski definition) is 3. The molecular weight excluding hydrogens is 516 g/mol. The first-order valence-electron chi connectivity index (χ1n) is 13.8. The maximum absolute atomic E-state index is 12.0. The molecule has 1 heterocycles. The van der Waals surface area contributed by atoms with Gasteiger partial charge in [0.05, 0.1) is 41.8 Å². The Bertz CT molecular complexity index is 1490. The van der Waals surface area contributed by atoms with Gasteiger partial charge in [-0.05, 0) is 70.6 Å². The number of methoxy groups -OCH3 is 1. The predicted molar refractivity (Wildman–Crippen MR) is 164 cm³/mol. The molecule has 1 aromatic heterocycles. The number of nitrogens with one attached hydrogen (secondary N) is 1. The molecule has 0 amide bonds. The van der Waals surface area contributed by atoms with Crippen LogP contribution in [-0.2, 0) is 16.0 Å². The molecular formula is C33H40N4O4. The molecule has 4 N–H and O–H groups in total. The Kier molecular flexibility index (Phi) is 9.60. The molecule has 0 bridgehead atoms. The lowest BCUT2D eigenvalue weighted by Gasteiger charge is -2.31. The lowest BCUT2D eigenvalue weighted by molar-refractivity contribution is -0.0337. The molecule has 0 aliphatic heterocycles. The highest BCUT2D eigenvalue weighted by Gasteiger charge is 2.21. The van der Waals surface area contributed by atoms with Crippen LogP contribution in [0.5, 0.6) is 5.88 Å². The molecule has 4 aromatic rings. The number of nitrogens with zero attached hydrogens (tertiary/aromatic N) is 2. The smallest absolute Gasteiger partial charge is 0.337 e. The van der Waals surface area contributed by atoms with Gasteiger partial charge in [0.25, 0.3) is 0 Å². The molecule has 0 saturated carbocycles. The van der Waals surface area contributed by atoms with Gasteiger partial charge in [0.2, 0.25) is 0 Å². The summed E-state index contributed by atoms with van der Waals surface area (Å²) >= 11 is 0. The third-order valence-corrected chi connectivity index (χ3v) is 6.93. The summed E-state index contributed by atoms with van der Waals surface area (Å²) in [5.74, 6) is -0.465. The summed E-state index contributed by atoms with van der Waals surface area (Å²) in [4.78, 5) is 22.3. The van der Waals surface area contributed by atoms with Gasteiger partial charge >= 0.3 is 5.97 Å². The van der Waals surface area contributed by atoms with Crippen molar-refractivity contribution in [3.05, 3.63) is 95.1 Å². The van der Waals surface area contributed by atoms with Crippen LogP contribution in [0, 0.1) is 0 Å². The average molecular weight is 557 g/mol. The van der Waals surface area contributed by atoms with Crippen LogP contribution in [0.1, 0.15) is 54.2 Å². The minimum atomic E-state index is -0.443. The van der Waals surface area contributed by atoms with Crippen molar-refractivity contribution in [1.29, 1.82) is 0 Å². The lowest BCUT2D eigenvalue weighted by Crippen LogP contribution is -2.39. The first kappa shape index (κ1) is 30.0. The summed E-state index contributed by atoms with van der Waals surface area (Å²) < 4.78 is 10.9. The molecule has 0 fully saturated rings. The largest absolute Gasteiger partial charge is 0.494 e. The predicted octanol–water partition coefficient (Wildman–Crippen LogP) is 5.79. The van der Waals surface area contributed by atoms with E-state index in [2.05, 4.69) is 49.8 Å². The van der Waals surface area contributed by atoms with Gasteiger partial charge in [-0.1, -0.05) is 48.5 Å². The first-order chi connectivity index (χ1) is 19.6. The maximum Gasteiger partial charge on any atom is 0.337 e. The highest BCUT2D eigenvalue weighted by Crippen LogP contribution is 2.32. The minimum absolute atomic E-state index is 0.0220. The van der Waals surface area contributed by atoms with E-state index in [0.29, 0.717) is 35.5 Å². The average Bonchev–Trinajstić information content (AvgIpc) is 3.28. The number of nitrogens with two attached hydrogens (primary N) is 1. The molecule has 0 aliphatic carbocycles. The van der Waals surface area contributed by atoms with Crippen molar-refractivity contribution < 1.29 is 19.4 Å². The van der Waals surface area contributed by atoms with E-state index in [4.69, 9.17) is 20.2 Å². The third-order valence-electron chi connectivity index (χ3n) is 6.93. The Morgan fingerprint density at radius 2 is 1.76 bits per heavy atom. The minimum Gasteiger partial charge on any atom is -0.494 e. The van der Waals surface area contributed by atoms with E-state index in [1.807, 2.05) is 42.5 Å². The van der Waals surface area contributed by atoms with E-state index in [1.165, 1.54) is 7.11 Å². The van der Waals surface area contributed by atoms with Crippen LogP contribution in [0.2, 0.25) is 0 Å². The highest BCUT2D eigenvalue weighted by molar-refractivity contribution is 6.22. The van der Waals surface area contributed by atoms with Crippen LogP contribution < -0.4 is 5.73 Å². The third kappa shape index (κ3) is 7.61. The molecule has 41 heavy (non-hydrogen) atoms. The number of esters is 1. The summed E-state index contributed by atoms with van der Waals surface area (Å²) in [6.45, 7) is 8.15. The van der Waals surface area contributed by atoms with Gasteiger partial charge in [-0.3, -0.25) is 4.90 Å². The first-order valence-corrected chi connectivity index (χ1v) is 13.8. The topological polar surface area (TPSA) is 113 Å². The van der Waals surface area contributed by atoms with E-state index >= 15 is 0 Å². The van der Waals surface area contributed by atoms with Crippen LogP contribution in [0.4, 0.5) is 5.69 Å². The second kappa shape index (κ2) is 13.1. The molecule has 8 heteroatoms. The van der Waals surface area contributed by atoms with Crippen molar-refractivity contribution in [2.24, 2.45) is 10.7 Å². The number of aromatic hydroxyl groups is 1. The number of carbonyl (C=O) groups is 1. The van der Waals surface area contributed by atoms with Gasteiger partial charge in [-0.25, -0.2) is 9.79 Å². The summed E-state index contributed by atoms with van der Waals surface area (Å²) in [6.07, 6.45) is 0.852. The van der Waals surface area contributed by atoms with E-state index in [-0.39, 0.29) is 17.5 Å². The number of fused-ring (bicyclic) bond motifs is 1. The number of carbonyl (C=O) groups excluding carboxylic acids is 1. The van der Waals surface area contributed by atoms with Crippen molar-refractivity contribution in [1.82, 2.24) is 9.88 Å². The highest BCUT2D eigenvalue weighted by atomic mass is 16.5. The van der Waals surface area contributed by atoms with E-state index in [0.717, 1.165) is 35.2 Å². The van der Waals surface area contributed by atoms with Crippen molar-refractivity contribution in [3.8, 4) is 5.88 Å². The lowest BCUT2D eigenvalue weighted by atomic mass is 10.00. The van der Waals surface area contributed by atoms with Crippen LogP contribution in [0.25, 0.3) is 10.9 Å². The molecule has 0 radical (unpaired) electrons. The summed E-state index contributed by atoms with van der Waals surface area (Å²) in [6, 6.07) is 23.2. The number of likely N-dealkylation sites (N-methyl/N-ethyl adjacent to an activating group) is 1. The Morgan fingerprint density at radius 3 is 2.39 bits per heavy atom. The van der Waals surface area contributed by atoms with Gasteiger partial charge < -0.3 is 25.3 Å². The standard InChI is InChI=1S/C33H40N4O4/c1-33(2,3)41-21-26(17-18-34)37(4)20-22-11-14-25(15-12-22)35-30(23-9-7-6-8-10-23)29-27-16-13-24(32(39)40-5)19-28(27)36-31(29)38/h6-16,19,26,36,38H,17-18,20-21,34H2,1-5H3. The van der Waals surface area contributed by atoms with Crippen LogP contribution in [0.15, 0.2) is 77.8 Å². The molecule has 0 aliphatic rings. The monoisotopic (exact) mass is 556 g/mol. The molecule has 8 nitrogen and oxygen atoms in total. The number of aliphatic imine (C=N–C) groups is 1. The maximum atomic E-state index is 12.0. The van der Waals surface area contributed by atoms with E-state index < -0.39 is 5.97 Å². The molecule has 0 saturated heterocycles. The van der Waals surface area contributed by atoms with Crippen LogP contribution in [0.3, 0.4) is 0 Å². The fourth-order valence-corrected chi connectivity index (χ4v) is 4.72.